The zero-order chi connectivity index (χ0) is 12.8. The second-order valence-electron chi connectivity index (χ2n) is 5.54. The van der Waals surface area contributed by atoms with Gasteiger partial charge < -0.3 is 15.7 Å². The average Bonchev–Trinajstić information content (AvgIpc) is 2.14. The van der Waals surface area contributed by atoms with Gasteiger partial charge in [0.25, 0.3) is 0 Å². The van der Waals surface area contributed by atoms with Gasteiger partial charge in [-0.3, -0.25) is 4.79 Å². The Morgan fingerprint density at radius 3 is 2.19 bits per heavy atom. The molecule has 0 rings (SSSR count). The molecule has 0 spiro atoms. The number of nitrogens with one attached hydrogen (secondary N) is 2. The van der Waals surface area contributed by atoms with Crippen molar-refractivity contribution >= 4 is 5.91 Å². The molecule has 0 aromatic rings. The van der Waals surface area contributed by atoms with Crippen molar-refractivity contribution in [2.45, 2.75) is 58.5 Å². The SMILES string of the molecule is CCC(C)(CCO)NC(=O)CNC(C)(C)C. The number of carbonyl (C=O) groups is 1. The summed E-state index contributed by atoms with van der Waals surface area (Å²) in [6.07, 6.45) is 1.40. The third-order valence-corrected chi connectivity index (χ3v) is 2.66. The van der Waals surface area contributed by atoms with Crippen LogP contribution in [0.15, 0.2) is 0 Å². The van der Waals surface area contributed by atoms with E-state index in [0.29, 0.717) is 13.0 Å². The van der Waals surface area contributed by atoms with E-state index in [1.165, 1.54) is 0 Å². The standard InChI is InChI=1S/C12H26N2O2/c1-6-12(5,7-8-15)14-10(16)9-13-11(2,3)4/h13,15H,6-9H2,1-5H3,(H,14,16). The van der Waals surface area contributed by atoms with Crippen molar-refractivity contribution in [1.29, 1.82) is 0 Å². The molecule has 0 radical (unpaired) electrons. The first kappa shape index (κ1) is 15.4. The number of rotatable bonds is 6. The van der Waals surface area contributed by atoms with Crippen LogP contribution in [0.5, 0.6) is 0 Å². The highest BCUT2D eigenvalue weighted by Crippen LogP contribution is 2.13. The fourth-order valence-electron chi connectivity index (χ4n) is 1.30. The van der Waals surface area contributed by atoms with Gasteiger partial charge in [-0.2, -0.15) is 0 Å². The molecule has 96 valence electrons. The molecule has 0 heterocycles. The monoisotopic (exact) mass is 230 g/mol. The Hall–Kier alpha value is -0.610. The molecule has 0 aliphatic heterocycles. The third kappa shape index (κ3) is 6.80. The molecule has 4 heteroatoms. The molecule has 0 aromatic heterocycles. The minimum absolute atomic E-state index is 0.0206. The van der Waals surface area contributed by atoms with Crippen LogP contribution in [0, 0.1) is 0 Å². The summed E-state index contributed by atoms with van der Waals surface area (Å²) in [5, 5.41) is 15.0. The lowest BCUT2D eigenvalue weighted by Gasteiger charge is -2.30. The van der Waals surface area contributed by atoms with E-state index in [1.807, 2.05) is 34.6 Å². The van der Waals surface area contributed by atoms with Crippen molar-refractivity contribution in [3.05, 3.63) is 0 Å². The zero-order valence-corrected chi connectivity index (χ0v) is 11.2. The molecule has 0 aromatic carbocycles. The van der Waals surface area contributed by atoms with E-state index in [4.69, 9.17) is 5.11 Å². The van der Waals surface area contributed by atoms with Crippen LogP contribution in [0.3, 0.4) is 0 Å². The van der Waals surface area contributed by atoms with Gasteiger partial charge in [0.1, 0.15) is 0 Å². The Kier molecular flexibility index (Phi) is 5.97. The molecule has 0 aliphatic rings. The van der Waals surface area contributed by atoms with Gasteiger partial charge in [0.05, 0.1) is 6.54 Å². The van der Waals surface area contributed by atoms with Gasteiger partial charge in [-0.05, 0) is 40.5 Å². The average molecular weight is 230 g/mol. The number of aliphatic hydroxyl groups is 1. The Labute approximate surface area is 98.8 Å². The largest absolute Gasteiger partial charge is 0.396 e. The molecule has 0 saturated carbocycles. The van der Waals surface area contributed by atoms with Gasteiger partial charge in [0.2, 0.25) is 5.91 Å². The Morgan fingerprint density at radius 2 is 1.81 bits per heavy atom. The highest BCUT2D eigenvalue weighted by Gasteiger charge is 2.23. The van der Waals surface area contributed by atoms with Gasteiger partial charge in [-0.25, -0.2) is 0 Å². The lowest BCUT2D eigenvalue weighted by Crippen LogP contribution is -2.51. The van der Waals surface area contributed by atoms with Crippen LogP contribution in [-0.4, -0.2) is 35.2 Å². The van der Waals surface area contributed by atoms with Crippen LogP contribution in [-0.2, 0) is 4.79 Å². The van der Waals surface area contributed by atoms with Crippen LogP contribution in [0.4, 0.5) is 0 Å². The molecular formula is C12H26N2O2. The maximum Gasteiger partial charge on any atom is 0.234 e. The van der Waals surface area contributed by atoms with E-state index in [2.05, 4.69) is 10.6 Å². The summed E-state index contributed by atoms with van der Waals surface area (Å²) in [4.78, 5) is 11.7. The number of aliphatic hydroxyl groups excluding tert-OH is 1. The molecule has 3 N–H and O–H groups in total. The molecule has 16 heavy (non-hydrogen) atoms. The molecule has 1 unspecified atom stereocenters. The van der Waals surface area contributed by atoms with Crippen LogP contribution < -0.4 is 10.6 Å². The normalized spacial score (nSPS) is 15.6. The summed E-state index contributed by atoms with van der Waals surface area (Å²) in [6, 6.07) is 0. The van der Waals surface area contributed by atoms with Crippen molar-refractivity contribution in [2.24, 2.45) is 0 Å². The molecule has 0 aliphatic carbocycles. The third-order valence-electron chi connectivity index (χ3n) is 2.66. The number of hydrogen-bond acceptors (Lipinski definition) is 3. The maximum atomic E-state index is 11.7. The van der Waals surface area contributed by atoms with Crippen molar-refractivity contribution < 1.29 is 9.90 Å². The molecular weight excluding hydrogens is 204 g/mol. The van der Waals surface area contributed by atoms with Crippen LogP contribution in [0.1, 0.15) is 47.5 Å². The van der Waals surface area contributed by atoms with Crippen LogP contribution in [0.2, 0.25) is 0 Å². The molecule has 0 saturated heterocycles. The molecule has 0 bridgehead atoms. The summed E-state index contributed by atoms with van der Waals surface area (Å²) in [5.41, 5.74) is -0.359. The van der Waals surface area contributed by atoms with E-state index in [9.17, 15) is 4.79 Å². The number of carbonyl (C=O) groups excluding carboxylic acids is 1. The number of hydrogen-bond donors (Lipinski definition) is 3. The van der Waals surface area contributed by atoms with Gasteiger partial charge in [0.15, 0.2) is 0 Å². The first-order valence-corrected chi connectivity index (χ1v) is 5.89. The molecule has 1 amide bonds. The van der Waals surface area contributed by atoms with E-state index < -0.39 is 0 Å². The highest BCUT2D eigenvalue weighted by atomic mass is 16.3. The Bertz CT molecular complexity index is 224. The lowest BCUT2D eigenvalue weighted by molar-refractivity contribution is -0.122. The van der Waals surface area contributed by atoms with Crippen molar-refractivity contribution in [3.8, 4) is 0 Å². The quantitative estimate of drug-likeness (QED) is 0.639. The van der Waals surface area contributed by atoms with Gasteiger partial charge in [0, 0.05) is 17.7 Å². The Balaban J connectivity index is 4.11. The van der Waals surface area contributed by atoms with Gasteiger partial charge in [-0.1, -0.05) is 6.92 Å². The molecule has 0 fully saturated rings. The second kappa shape index (κ2) is 6.21. The van der Waals surface area contributed by atoms with Crippen molar-refractivity contribution in [1.82, 2.24) is 10.6 Å². The van der Waals surface area contributed by atoms with E-state index >= 15 is 0 Å². The summed E-state index contributed by atoms with van der Waals surface area (Å²) >= 11 is 0. The highest BCUT2D eigenvalue weighted by molar-refractivity contribution is 5.78. The lowest BCUT2D eigenvalue weighted by atomic mass is 9.95. The van der Waals surface area contributed by atoms with Crippen LogP contribution in [0.25, 0.3) is 0 Å². The van der Waals surface area contributed by atoms with E-state index in [-0.39, 0.29) is 23.6 Å². The minimum Gasteiger partial charge on any atom is -0.396 e. The summed E-state index contributed by atoms with van der Waals surface area (Å²) in [7, 11) is 0. The zero-order valence-electron chi connectivity index (χ0n) is 11.2. The predicted molar refractivity (Wildman–Crippen MR) is 66.3 cm³/mol. The summed E-state index contributed by atoms with van der Waals surface area (Å²) < 4.78 is 0. The molecule has 4 nitrogen and oxygen atoms in total. The summed E-state index contributed by atoms with van der Waals surface area (Å²) in [5.74, 6) is -0.0206. The van der Waals surface area contributed by atoms with Gasteiger partial charge in [-0.15, -0.1) is 0 Å². The fourth-order valence-corrected chi connectivity index (χ4v) is 1.30. The molecule has 1 atom stereocenters. The fraction of sp³-hybridized carbons (Fsp3) is 0.917. The topological polar surface area (TPSA) is 61.4 Å². The maximum absolute atomic E-state index is 11.7. The van der Waals surface area contributed by atoms with Crippen molar-refractivity contribution in [3.63, 3.8) is 0 Å². The second-order valence-corrected chi connectivity index (χ2v) is 5.54. The van der Waals surface area contributed by atoms with Gasteiger partial charge >= 0.3 is 0 Å². The minimum atomic E-state index is -0.300. The van der Waals surface area contributed by atoms with E-state index in [1.54, 1.807) is 0 Å². The van der Waals surface area contributed by atoms with E-state index in [0.717, 1.165) is 6.42 Å². The van der Waals surface area contributed by atoms with Crippen LogP contribution >= 0.6 is 0 Å². The number of amides is 1. The Morgan fingerprint density at radius 1 is 1.25 bits per heavy atom. The first-order chi connectivity index (χ1) is 7.22. The predicted octanol–water partition coefficient (Wildman–Crippen LogP) is 1.04. The smallest absolute Gasteiger partial charge is 0.234 e. The summed E-state index contributed by atoms with van der Waals surface area (Å²) in [6.45, 7) is 10.4. The van der Waals surface area contributed by atoms with Crippen molar-refractivity contribution in [2.75, 3.05) is 13.2 Å². The first-order valence-electron chi connectivity index (χ1n) is 5.89.